The zero-order valence-electron chi connectivity index (χ0n) is 13.9. The van der Waals surface area contributed by atoms with E-state index in [1.54, 1.807) is 0 Å². The van der Waals surface area contributed by atoms with Gasteiger partial charge in [0.05, 0.1) is 16.8 Å². The van der Waals surface area contributed by atoms with Gasteiger partial charge in [0.25, 0.3) is 0 Å². The summed E-state index contributed by atoms with van der Waals surface area (Å²) in [5, 5.41) is 15.3. The third-order valence-electron chi connectivity index (χ3n) is 4.03. The van der Waals surface area contributed by atoms with Gasteiger partial charge in [-0.25, -0.2) is 23.4 Å². The number of aromatic nitrogens is 4. The summed E-state index contributed by atoms with van der Waals surface area (Å²) in [7, 11) is 0. The predicted molar refractivity (Wildman–Crippen MR) is 101 cm³/mol. The molecule has 1 atom stereocenters. The molecule has 5 nitrogen and oxygen atoms in total. The molecular formula is C18H14F2N4OS2. The van der Waals surface area contributed by atoms with Crippen LogP contribution < -0.4 is 0 Å². The van der Waals surface area contributed by atoms with Crippen molar-refractivity contribution in [2.24, 2.45) is 0 Å². The van der Waals surface area contributed by atoms with Crippen molar-refractivity contribution >= 4 is 33.3 Å². The van der Waals surface area contributed by atoms with E-state index in [0.29, 0.717) is 0 Å². The molecule has 9 heteroatoms. The number of thiazole rings is 1. The molecule has 0 radical (unpaired) electrons. The van der Waals surface area contributed by atoms with Crippen molar-refractivity contribution in [1.82, 2.24) is 19.7 Å². The minimum Gasteiger partial charge on any atom is -0.382 e. The molecule has 0 bridgehead atoms. The monoisotopic (exact) mass is 404 g/mol. The first-order chi connectivity index (χ1) is 13.0. The molecule has 0 fully saturated rings. The first kappa shape index (κ1) is 18.0. The summed E-state index contributed by atoms with van der Waals surface area (Å²) >= 11 is 2.82. The van der Waals surface area contributed by atoms with E-state index in [0.717, 1.165) is 26.7 Å². The lowest BCUT2D eigenvalue weighted by Crippen LogP contribution is -2.35. The van der Waals surface area contributed by atoms with Gasteiger partial charge in [0, 0.05) is 17.4 Å². The summed E-state index contributed by atoms with van der Waals surface area (Å²) in [6, 6.07) is 10.9. The Morgan fingerprint density at radius 1 is 1.19 bits per heavy atom. The summed E-state index contributed by atoms with van der Waals surface area (Å²) in [6.45, 7) is -0.0204. The van der Waals surface area contributed by atoms with E-state index in [2.05, 4.69) is 15.1 Å². The first-order valence-electron chi connectivity index (χ1n) is 8.02. The van der Waals surface area contributed by atoms with Gasteiger partial charge in [-0.15, -0.1) is 11.3 Å². The molecule has 4 aromatic rings. The van der Waals surface area contributed by atoms with E-state index in [9.17, 15) is 13.9 Å². The Morgan fingerprint density at radius 3 is 2.78 bits per heavy atom. The molecule has 0 spiro atoms. The van der Waals surface area contributed by atoms with E-state index < -0.39 is 17.2 Å². The first-order valence-corrected chi connectivity index (χ1v) is 9.82. The van der Waals surface area contributed by atoms with E-state index in [1.807, 2.05) is 24.3 Å². The van der Waals surface area contributed by atoms with Gasteiger partial charge in [-0.1, -0.05) is 30.0 Å². The molecule has 2 heterocycles. The normalized spacial score (nSPS) is 13.7. The summed E-state index contributed by atoms with van der Waals surface area (Å²) in [5.41, 5.74) is -0.737. The van der Waals surface area contributed by atoms with Gasteiger partial charge < -0.3 is 5.11 Å². The zero-order valence-corrected chi connectivity index (χ0v) is 15.6. The van der Waals surface area contributed by atoms with Crippen molar-refractivity contribution in [2.75, 3.05) is 5.75 Å². The second-order valence-corrected chi connectivity index (χ2v) is 8.24. The second-order valence-electron chi connectivity index (χ2n) is 5.98. The van der Waals surface area contributed by atoms with E-state index in [4.69, 9.17) is 0 Å². The molecule has 27 heavy (non-hydrogen) atoms. The fraction of sp³-hybridized carbons (Fsp3) is 0.167. The predicted octanol–water partition coefficient (Wildman–Crippen LogP) is 3.85. The average Bonchev–Trinajstić information content (AvgIpc) is 3.28. The SMILES string of the molecule is OC(CSc1nc2ccccc2s1)(Cn1cncn1)c1ccc(F)cc1F. The van der Waals surface area contributed by atoms with Crippen molar-refractivity contribution < 1.29 is 13.9 Å². The molecule has 0 aliphatic rings. The van der Waals surface area contributed by atoms with Gasteiger partial charge in [0.2, 0.25) is 0 Å². The molecular weight excluding hydrogens is 390 g/mol. The van der Waals surface area contributed by atoms with Crippen LogP contribution in [0.25, 0.3) is 10.2 Å². The number of para-hydroxylation sites is 1. The van der Waals surface area contributed by atoms with Gasteiger partial charge in [0.15, 0.2) is 4.34 Å². The molecule has 1 N–H and O–H groups in total. The fourth-order valence-electron chi connectivity index (χ4n) is 2.75. The molecule has 138 valence electrons. The van der Waals surface area contributed by atoms with E-state index in [-0.39, 0.29) is 17.9 Å². The number of aliphatic hydroxyl groups is 1. The van der Waals surface area contributed by atoms with Crippen molar-refractivity contribution in [3.8, 4) is 0 Å². The van der Waals surface area contributed by atoms with Crippen LogP contribution in [0.15, 0.2) is 59.5 Å². The Bertz CT molecular complexity index is 1040. The van der Waals surface area contributed by atoms with Gasteiger partial charge >= 0.3 is 0 Å². The smallest absolute Gasteiger partial charge is 0.151 e. The number of fused-ring (bicyclic) bond motifs is 1. The Morgan fingerprint density at radius 2 is 2.04 bits per heavy atom. The Kier molecular flexibility index (Phi) is 4.90. The summed E-state index contributed by atoms with van der Waals surface area (Å²) in [4.78, 5) is 8.38. The number of benzene rings is 2. The Labute approximate surface area is 161 Å². The Balaban J connectivity index is 1.64. The number of rotatable bonds is 6. The highest BCUT2D eigenvalue weighted by Gasteiger charge is 2.34. The van der Waals surface area contributed by atoms with Crippen LogP contribution in [0.3, 0.4) is 0 Å². The summed E-state index contributed by atoms with van der Waals surface area (Å²) in [6.07, 6.45) is 2.77. The van der Waals surface area contributed by atoms with Gasteiger partial charge in [-0.3, -0.25) is 0 Å². The summed E-state index contributed by atoms with van der Waals surface area (Å²) in [5.74, 6) is -1.38. The third kappa shape index (κ3) is 3.85. The fourth-order valence-corrected chi connectivity index (χ4v) is 4.90. The molecule has 0 aliphatic heterocycles. The quantitative estimate of drug-likeness (QED) is 0.495. The van der Waals surface area contributed by atoms with Crippen LogP contribution in [0.4, 0.5) is 8.78 Å². The highest BCUT2D eigenvalue weighted by molar-refractivity contribution is 8.01. The van der Waals surface area contributed by atoms with Gasteiger partial charge in [0.1, 0.15) is 29.9 Å². The molecule has 0 amide bonds. The van der Waals surface area contributed by atoms with E-state index >= 15 is 0 Å². The minimum absolute atomic E-state index is 0.00742. The maximum atomic E-state index is 14.4. The third-order valence-corrected chi connectivity index (χ3v) is 6.43. The van der Waals surface area contributed by atoms with Crippen molar-refractivity contribution in [1.29, 1.82) is 0 Å². The Hall–Kier alpha value is -2.36. The van der Waals surface area contributed by atoms with E-state index in [1.165, 1.54) is 46.5 Å². The molecule has 4 rings (SSSR count). The molecule has 2 aromatic carbocycles. The lowest BCUT2D eigenvalue weighted by molar-refractivity contribution is 0.0360. The molecule has 1 unspecified atom stereocenters. The van der Waals surface area contributed by atoms with Crippen molar-refractivity contribution in [2.45, 2.75) is 16.5 Å². The van der Waals surface area contributed by atoms with Gasteiger partial charge in [-0.2, -0.15) is 5.10 Å². The van der Waals surface area contributed by atoms with Crippen LogP contribution in [0.5, 0.6) is 0 Å². The average molecular weight is 404 g/mol. The molecule has 0 aliphatic carbocycles. The number of halogens is 2. The maximum Gasteiger partial charge on any atom is 0.151 e. The van der Waals surface area contributed by atoms with Crippen LogP contribution in [0.1, 0.15) is 5.56 Å². The molecule has 0 saturated heterocycles. The second kappa shape index (κ2) is 7.34. The van der Waals surface area contributed by atoms with Crippen LogP contribution in [0, 0.1) is 11.6 Å². The van der Waals surface area contributed by atoms with Crippen molar-refractivity contribution in [3.05, 3.63) is 72.3 Å². The highest BCUT2D eigenvalue weighted by atomic mass is 32.2. The molecule has 0 saturated carbocycles. The topological polar surface area (TPSA) is 63.8 Å². The van der Waals surface area contributed by atoms with Gasteiger partial charge in [-0.05, 0) is 18.2 Å². The molecule has 2 aromatic heterocycles. The van der Waals surface area contributed by atoms with Crippen LogP contribution in [-0.2, 0) is 12.1 Å². The number of hydrogen-bond donors (Lipinski definition) is 1. The number of nitrogens with zero attached hydrogens (tertiary/aromatic N) is 4. The standard InChI is InChI=1S/C18H14F2N4OS2/c19-12-5-6-13(14(20)7-12)18(25,8-24-11-21-10-22-24)9-26-17-23-15-3-1-2-4-16(15)27-17/h1-7,10-11,25H,8-9H2. The number of thioether (sulfide) groups is 1. The van der Waals surface area contributed by atoms with Crippen LogP contribution in [0.2, 0.25) is 0 Å². The largest absolute Gasteiger partial charge is 0.382 e. The lowest BCUT2D eigenvalue weighted by Gasteiger charge is -2.28. The number of hydrogen-bond acceptors (Lipinski definition) is 6. The minimum atomic E-state index is -1.62. The van der Waals surface area contributed by atoms with Crippen LogP contribution in [-0.4, -0.2) is 30.6 Å². The van der Waals surface area contributed by atoms with Crippen molar-refractivity contribution in [3.63, 3.8) is 0 Å². The summed E-state index contributed by atoms with van der Waals surface area (Å²) < 4.78 is 30.9. The zero-order chi connectivity index (χ0) is 18.9. The van der Waals surface area contributed by atoms with Crippen LogP contribution >= 0.6 is 23.1 Å². The lowest BCUT2D eigenvalue weighted by atomic mass is 9.95. The maximum absolute atomic E-state index is 14.4. The highest BCUT2D eigenvalue weighted by Crippen LogP contribution is 2.36.